The molecule has 0 saturated carbocycles. The van der Waals surface area contributed by atoms with Crippen LogP contribution in [0.1, 0.15) is 33.4 Å². The molecule has 0 aromatic heterocycles. The zero-order valence-corrected chi connectivity index (χ0v) is 18.9. The number of fused-ring (bicyclic) bond motifs is 1. The number of para-hydroxylation sites is 1. The van der Waals surface area contributed by atoms with Crippen molar-refractivity contribution in [3.05, 3.63) is 99.7 Å². The van der Waals surface area contributed by atoms with Gasteiger partial charge in [-0.2, -0.15) is 0 Å². The van der Waals surface area contributed by atoms with Gasteiger partial charge in [0.2, 0.25) is 0 Å². The fraction of sp³-hybridized carbons (Fsp3) is 0.214. The first-order valence-electron chi connectivity index (χ1n) is 11.0. The number of hydrogen-bond acceptors (Lipinski definition) is 3. The number of aryl methyl sites for hydroxylation is 4. The van der Waals surface area contributed by atoms with E-state index in [-0.39, 0.29) is 11.8 Å². The predicted octanol–water partition coefficient (Wildman–Crippen LogP) is 5.27. The summed E-state index contributed by atoms with van der Waals surface area (Å²) in [6.45, 7) is 8.74. The number of hydrogen-bond donors (Lipinski definition) is 0. The van der Waals surface area contributed by atoms with Crippen LogP contribution in [0.2, 0.25) is 0 Å². The van der Waals surface area contributed by atoms with Crippen molar-refractivity contribution in [1.29, 1.82) is 0 Å². The van der Waals surface area contributed by atoms with E-state index in [4.69, 9.17) is 0 Å². The molecular weight excluding hydrogens is 396 g/mol. The maximum Gasteiger partial charge on any atom is 0.282 e. The van der Waals surface area contributed by atoms with Crippen molar-refractivity contribution in [3.63, 3.8) is 0 Å². The van der Waals surface area contributed by atoms with E-state index < -0.39 is 0 Å². The average Bonchev–Trinajstić information content (AvgIpc) is 3.29. The lowest BCUT2D eigenvalue weighted by Gasteiger charge is -2.22. The van der Waals surface area contributed by atoms with Gasteiger partial charge in [-0.25, -0.2) is 4.90 Å². The topological polar surface area (TPSA) is 40.6 Å². The Bertz CT molecular complexity index is 1320. The van der Waals surface area contributed by atoms with E-state index in [0.29, 0.717) is 23.5 Å². The second-order valence-corrected chi connectivity index (χ2v) is 8.79. The molecule has 3 aromatic rings. The zero-order valence-electron chi connectivity index (χ0n) is 18.9. The van der Waals surface area contributed by atoms with Crippen molar-refractivity contribution in [2.75, 3.05) is 16.3 Å². The molecule has 32 heavy (non-hydrogen) atoms. The first-order chi connectivity index (χ1) is 15.4. The van der Waals surface area contributed by atoms with Crippen LogP contribution in [0.25, 0.3) is 5.57 Å². The third-order valence-electron chi connectivity index (χ3n) is 6.62. The van der Waals surface area contributed by atoms with Gasteiger partial charge in [-0.05, 0) is 80.1 Å². The van der Waals surface area contributed by atoms with E-state index in [0.717, 1.165) is 39.9 Å². The predicted molar refractivity (Wildman–Crippen MR) is 129 cm³/mol. The van der Waals surface area contributed by atoms with Crippen LogP contribution in [0.15, 0.2) is 66.4 Å². The molecule has 5 rings (SSSR count). The van der Waals surface area contributed by atoms with Crippen molar-refractivity contribution in [2.24, 2.45) is 0 Å². The van der Waals surface area contributed by atoms with Gasteiger partial charge in [0.25, 0.3) is 11.8 Å². The second-order valence-electron chi connectivity index (χ2n) is 8.79. The Morgan fingerprint density at radius 3 is 2.28 bits per heavy atom. The number of amides is 2. The lowest BCUT2D eigenvalue weighted by Crippen LogP contribution is -2.35. The van der Waals surface area contributed by atoms with Crippen LogP contribution in [0.5, 0.6) is 0 Å². The fourth-order valence-electron chi connectivity index (χ4n) is 4.78. The molecule has 4 nitrogen and oxygen atoms in total. The highest BCUT2D eigenvalue weighted by Gasteiger charge is 2.44. The lowest BCUT2D eigenvalue weighted by atomic mass is 9.97. The van der Waals surface area contributed by atoms with Gasteiger partial charge >= 0.3 is 0 Å². The molecule has 0 radical (unpaired) electrons. The quantitative estimate of drug-likeness (QED) is 0.540. The Hall–Kier alpha value is -3.66. The number of rotatable bonds is 3. The van der Waals surface area contributed by atoms with E-state index in [1.807, 2.05) is 81.1 Å². The SMILES string of the molecule is Cc1ccc(C2=C(N3CCc4ccccc43)C(=O)N(c3ccc(C)c(C)c3)C2=O)c(C)c1. The molecule has 0 fully saturated rings. The van der Waals surface area contributed by atoms with Crippen LogP contribution in [-0.2, 0) is 16.0 Å². The summed E-state index contributed by atoms with van der Waals surface area (Å²) in [5.41, 5.74) is 8.91. The van der Waals surface area contributed by atoms with Crippen LogP contribution >= 0.6 is 0 Å². The Labute approximate surface area is 188 Å². The van der Waals surface area contributed by atoms with Gasteiger partial charge in [0, 0.05) is 12.2 Å². The third-order valence-corrected chi connectivity index (χ3v) is 6.62. The molecule has 2 heterocycles. The first-order valence-corrected chi connectivity index (χ1v) is 11.0. The van der Waals surface area contributed by atoms with Gasteiger partial charge in [-0.15, -0.1) is 0 Å². The molecule has 0 spiro atoms. The summed E-state index contributed by atoms with van der Waals surface area (Å²) in [5.74, 6) is -0.519. The summed E-state index contributed by atoms with van der Waals surface area (Å²) in [5, 5.41) is 0. The minimum Gasteiger partial charge on any atom is -0.336 e. The third kappa shape index (κ3) is 3.06. The number of benzene rings is 3. The Morgan fingerprint density at radius 1 is 0.750 bits per heavy atom. The van der Waals surface area contributed by atoms with Gasteiger partial charge in [-0.1, -0.05) is 48.0 Å². The first kappa shape index (κ1) is 20.3. The summed E-state index contributed by atoms with van der Waals surface area (Å²) in [6.07, 6.45) is 0.852. The molecule has 0 unspecified atom stereocenters. The largest absolute Gasteiger partial charge is 0.336 e. The monoisotopic (exact) mass is 422 g/mol. The van der Waals surface area contributed by atoms with Crippen molar-refractivity contribution < 1.29 is 9.59 Å². The van der Waals surface area contributed by atoms with E-state index in [1.54, 1.807) is 0 Å². The molecule has 0 bridgehead atoms. The number of anilines is 2. The summed E-state index contributed by atoms with van der Waals surface area (Å²) in [7, 11) is 0. The highest BCUT2D eigenvalue weighted by molar-refractivity contribution is 6.46. The van der Waals surface area contributed by atoms with E-state index in [9.17, 15) is 9.59 Å². The van der Waals surface area contributed by atoms with Crippen molar-refractivity contribution in [2.45, 2.75) is 34.1 Å². The highest BCUT2D eigenvalue weighted by Crippen LogP contribution is 2.41. The van der Waals surface area contributed by atoms with Crippen molar-refractivity contribution in [3.8, 4) is 0 Å². The van der Waals surface area contributed by atoms with Crippen LogP contribution in [0.4, 0.5) is 11.4 Å². The smallest absolute Gasteiger partial charge is 0.282 e. The molecule has 160 valence electrons. The molecule has 0 aliphatic carbocycles. The molecule has 2 aliphatic rings. The number of imide groups is 1. The Morgan fingerprint density at radius 2 is 1.53 bits per heavy atom. The minimum absolute atomic E-state index is 0.259. The van der Waals surface area contributed by atoms with Crippen molar-refractivity contribution in [1.82, 2.24) is 0 Å². The summed E-state index contributed by atoms with van der Waals surface area (Å²) in [4.78, 5) is 31.1. The summed E-state index contributed by atoms with van der Waals surface area (Å²) in [6, 6.07) is 19.9. The highest BCUT2D eigenvalue weighted by atomic mass is 16.2. The average molecular weight is 423 g/mol. The lowest BCUT2D eigenvalue weighted by molar-refractivity contribution is -0.120. The summed E-state index contributed by atoms with van der Waals surface area (Å²) >= 11 is 0. The van der Waals surface area contributed by atoms with Gasteiger partial charge in [0.15, 0.2) is 0 Å². The zero-order chi connectivity index (χ0) is 22.6. The molecule has 2 aliphatic heterocycles. The number of carbonyl (C=O) groups is 2. The second kappa shape index (κ2) is 7.49. The molecular formula is C28H26N2O2. The standard InChI is InChI=1S/C28H26N2O2/c1-17-9-12-23(20(4)15-17)25-26(29-14-13-21-7-5-6-8-24(21)29)28(32)30(27(25)31)22-11-10-18(2)19(3)16-22/h5-12,15-16H,13-14H2,1-4H3. The van der Waals surface area contributed by atoms with Crippen LogP contribution in [0, 0.1) is 27.7 Å². The maximum absolute atomic E-state index is 13.9. The number of carbonyl (C=O) groups excluding carboxylic acids is 2. The maximum atomic E-state index is 13.9. The Balaban J connectivity index is 1.71. The Kier molecular flexibility index (Phi) is 4.74. The fourth-order valence-corrected chi connectivity index (χ4v) is 4.78. The molecule has 4 heteroatoms. The molecule has 0 N–H and O–H groups in total. The van der Waals surface area contributed by atoms with Crippen molar-refractivity contribution >= 4 is 28.8 Å². The molecule has 3 aromatic carbocycles. The molecule has 2 amide bonds. The molecule has 0 saturated heterocycles. The van der Waals surface area contributed by atoms with Crippen LogP contribution in [0.3, 0.4) is 0 Å². The van der Waals surface area contributed by atoms with E-state index >= 15 is 0 Å². The van der Waals surface area contributed by atoms with Gasteiger partial charge in [-0.3, -0.25) is 9.59 Å². The van der Waals surface area contributed by atoms with E-state index in [1.165, 1.54) is 10.5 Å². The van der Waals surface area contributed by atoms with Gasteiger partial charge in [0.05, 0.1) is 11.3 Å². The van der Waals surface area contributed by atoms with E-state index in [2.05, 4.69) is 12.1 Å². The molecule has 0 atom stereocenters. The van der Waals surface area contributed by atoms with Crippen LogP contribution in [-0.4, -0.2) is 18.4 Å². The summed E-state index contributed by atoms with van der Waals surface area (Å²) < 4.78 is 0. The van der Waals surface area contributed by atoms with Gasteiger partial charge < -0.3 is 4.90 Å². The normalized spacial score (nSPS) is 15.8. The number of nitrogens with zero attached hydrogens (tertiary/aromatic N) is 2. The van der Waals surface area contributed by atoms with Gasteiger partial charge in [0.1, 0.15) is 5.70 Å². The minimum atomic E-state index is -0.260. The van der Waals surface area contributed by atoms with Crippen LogP contribution < -0.4 is 9.80 Å².